The Balaban J connectivity index is 1.60. The normalized spacial score (nSPS) is 11.0. The van der Waals surface area contributed by atoms with E-state index in [1.54, 1.807) is 16.3 Å². The van der Waals surface area contributed by atoms with E-state index in [1.165, 1.54) is 22.5 Å². The number of thioether (sulfide) groups is 1. The monoisotopic (exact) mass is 372 g/mol. The first-order valence-corrected chi connectivity index (χ1v) is 10.1. The quantitative estimate of drug-likeness (QED) is 0.703. The first-order chi connectivity index (χ1) is 12.1. The molecule has 1 N–H and O–H groups in total. The molecule has 0 saturated heterocycles. The number of carbonyl (C=O) groups excluding carboxylic acids is 1. The van der Waals surface area contributed by atoms with Crippen LogP contribution < -0.4 is 10.2 Å². The summed E-state index contributed by atoms with van der Waals surface area (Å²) in [6.07, 6.45) is 0. The molecule has 0 aliphatic rings. The van der Waals surface area contributed by atoms with Crippen molar-refractivity contribution in [2.24, 2.45) is 0 Å². The predicted molar refractivity (Wildman–Crippen MR) is 108 cm³/mol. The Labute approximate surface area is 154 Å². The van der Waals surface area contributed by atoms with E-state index in [1.807, 2.05) is 37.3 Å². The van der Waals surface area contributed by atoms with Crippen LogP contribution in [0, 0.1) is 6.92 Å². The molecule has 130 valence electrons. The second kappa shape index (κ2) is 7.89. The van der Waals surface area contributed by atoms with E-state index in [2.05, 4.69) is 24.4 Å². The molecule has 1 aromatic heterocycles. The average Bonchev–Trinajstić information content (AvgIpc) is 2.90. The maximum Gasteiger partial charge on any atom is 0.308 e. The molecule has 1 heterocycles. The number of amides is 1. The molecule has 1 amide bonds. The van der Waals surface area contributed by atoms with Crippen LogP contribution in [0.15, 0.2) is 47.3 Å². The Hall–Kier alpha value is -2.05. The molecule has 2 aromatic carbocycles. The summed E-state index contributed by atoms with van der Waals surface area (Å²) >= 11 is 2.81. The molecule has 3 aromatic rings. The highest BCUT2D eigenvalue weighted by Gasteiger charge is 2.09. The van der Waals surface area contributed by atoms with Gasteiger partial charge < -0.3 is 5.32 Å². The van der Waals surface area contributed by atoms with E-state index >= 15 is 0 Å². The predicted octanol–water partition coefficient (Wildman–Crippen LogP) is 4.26. The zero-order valence-electron chi connectivity index (χ0n) is 14.2. The number of thiazole rings is 1. The largest absolute Gasteiger partial charge is 0.325 e. The van der Waals surface area contributed by atoms with Crippen molar-refractivity contribution in [1.29, 1.82) is 0 Å². The molecule has 6 heteroatoms. The lowest BCUT2D eigenvalue weighted by Gasteiger charge is -2.07. The summed E-state index contributed by atoms with van der Waals surface area (Å²) in [7, 11) is 0. The zero-order valence-corrected chi connectivity index (χ0v) is 15.9. The summed E-state index contributed by atoms with van der Waals surface area (Å²) in [5.74, 6) is 1.19. The number of hydrogen-bond donors (Lipinski definition) is 1. The molecule has 4 nitrogen and oxygen atoms in total. The smallest absolute Gasteiger partial charge is 0.308 e. The summed E-state index contributed by atoms with van der Waals surface area (Å²) in [6.45, 7) is 4.69. The van der Waals surface area contributed by atoms with Gasteiger partial charge in [-0.15, -0.1) is 11.8 Å². The van der Waals surface area contributed by atoms with Crippen LogP contribution in [0.3, 0.4) is 0 Å². The highest BCUT2D eigenvalue weighted by atomic mass is 32.2. The van der Waals surface area contributed by atoms with Gasteiger partial charge in [0, 0.05) is 18.0 Å². The van der Waals surface area contributed by atoms with Gasteiger partial charge in [0.25, 0.3) is 0 Å². The van der Waals surface area contributed by atoms with Gasteiger partial charge in [-0.05, 0) is 43.2 Å². The van der Waals surface area contributed by atoms with Crippen molar-refractivity contribution < 1.29 is 4.79 Å². The third-order valence-electron chi connectivity index (χ3n) is 4.02. The van der Waals surface area contributed by atoms with Crippen LogP contribution in [0.5, 0.6) is 0 Å². The molecule has 25 heavy (non-hydrogen) atoms. The first-order valence-electron chi connectivity index (χ1n) is 8.14. The minimum Gasteiger partial charge on any atom is -0.325 e. The molecule has 0 bridgehead atoms. The number of carbonyl (C=O) groups is 1. The van der Waals surface area contributed by atoms with Crippen molar-refractivity contribution in [3.63, 3.8) is 0 Å². The number of fused-ring (bicyclic) bond motifs is 1. The lowest BCUT2D eigenvalue weighted by Crippen LogP contribution is -2.14. The van der Waals surface area contributed by atoms with Crippen molar-refractivity contribution in [3.05, 3.63) is 63.3 Å². The molecular weight excluding hydrogens is 352 g/mol. The Bertz CT molecular complexity index is 959. The SMILES string of the molecule is CCn1c(=O)sc2cc(NC(=O)CSCc3ccccc3C)ccc21. The Morgan fingerprint density at radius 2 is 2.04 bits per heavy atom. The van der Waals surface area contributed by atoms with E-state index in [0.29, 0.717) is 12.3 Å². The summed E-state index contributed by atoms with van der Waals surface area (Å²) < 4.78 is 2.64. The van der Waals surface area contributed by atoms with Gasteiger partial charge in [-0.1, -0.05) is 35.6 Å². The zero-order chi connectivity index (χ0) is 17.8. The van der Waals surface area contributed by atoms with E-state index in [4.69, 9.17) is 0 Å². The molecule has 0 aliphatic carbocycles. The van der Waals surface area contributed by atoms with Crippen LogP contribution in [0.2, 0.25) is 0 Å². The van der Waals surface area contributed by atoms with E-state index in [9.17, 15) is 9.59 Å². The number of benzene rings is 2. The lowest BCUT2D eigenvalue weighted by atomic mass is 10.1. The van der Waals surface area contributed by atoms with E-state index in [-0.39, 0.29) is 10.8 Å². The molecule has 0 atom stereocenters. The Kier molecular flexibility index (Phi) is 5.60. The summed E-state index contributed by atoms with van der Waals surface area (Å²) in [6, 6.07) is 13.8. The maximum absolute atomic E-state index is 12.2. The average molecular weight is 373 g/mol. The topological polar surface area (TPSA) is 51.1 Å². The minimum absolute atomic E-state index is 0.0276. The molecule has 0 spiro atoms. The van der Waals surface area contributed by atoms with Crippen LogP contribution in [-0.4, -0.2) is 16.2 Å². The highest BCUT2D eigenvalue weighted by Crippen LogP contribution is 2.22. The number of nitrogens with zero attached hydrogens (tertiary/aromatic N) is 1. The summed E-state index contributed by atoms with van der Waals surface area (Å²) in [4.78, 5) is 24.1. The molecule has 0 saturated carbocycles. The van der Waals surface area contributed by atoms with E-state index in [0.717, 1.165) is 21.7 Å². The fourth-order valence-corrected chi connectivity index (χ4v) is 4.56. The van der Waals surface area contributed by atoms with Gasteiger partial charge in [0.2, 0.25) is 5.91 Å². The number of nitrogens with one attached hydrogen (secondary N) is 1. The van der Waals surface area contributed by atoms with Crippen molar-refractivity contribution in [1.82, 2.24) is 4.57 Å². The second-order valence-electron chi connectivity index (χ2n) is 5.76. The maximum atomic E-state index is 12.2. The van der Waals surface area contributed by atoms with Gasteiger partial charge >= 0.3 is 4.87 Å². The van der Waals surface area contributed by atoms with Gasteiger partial charge in [-0.2, -0.15) is 0 Å². The van der Waals surface area contributed by atoms with Crippen molar-refractivity contribution in [3.8, 4) is 0 Å². The molecule has 0 radical (unpaired) electrons. The van der Waals surface area contributed by atoms with Crippen molar-refractivity contribution >= 4 is 44.9 Å². The first kappa shape index (κ1) is 17.8. The summed E-state index contributed by atoms with van der Waals surface area (Å²) in [5, 5.41) is 2.92. The van der Waals surface area contributed by atoms with Crippen molar-refractivity contribution in [2.75, 3.05) is 11.1 Å². The van der Waals surface area contributed by atoms with Crippen molar-refractivity contribution in [2.45, 2.75) is 26.1 Å². The number of aromatic nitrogens is 1. The second-order valence-corrected chi connectivity index (χ2v) is 7.74. The number of aryl methyl sites for hydroxylation is 2. The fraction of sp³-hybridized carbons (Fsp3) is 0.263. The molecule has 0 aliphatic heterocycles. The minimum atomic E-state index is -0.0276. The van der Waals surface area contributed by atoms with Crippen LogP contribution in [0.25, 0.3) is 10.2 Å². The molecule has 0 fully saturated rings. The fourth-order valence-electron chi connectivity index (χ4n) is 2.67. The summed E-state index contributed by atoms with van der Waals surface area (Å²) in [5.41, 5.74) is 4.16. The van der Waals surface area contributed by atoms with Gasteiger partial charge in [0.1, 0.15) is 0 Å². The van der Waals surface area contributed by atoms with Crippen LogP contribution in [0.1, 0.15) is 18.1 Å². The molecule has 3 rings (SSSR count). The number of rotatable bonds is 6. The highest BCUT2D eigenvalue weighted by molar-refractivity contribution is 7.99. The Morgan fingerprint density at radius 3 is 2.80 bits per heavy atom. The molecule has 0 unspecified atom stereocenters. The van der Waals surface area contributed by atoms with Gasteiger partial charge in [0.15, 0.2) is 0 Å². The lowest BCUT2D eigenvalue weighted by molar-refractivity contribution is -0.113. The van der Waals surface area contributed by atoms with Gasteiger partial charge in [-0.25, -0.2) is 0 Å². The third kappa shape index (κ3) is 4.14. The van der Waals surface area contributed by atoms with Crippen LogP contribution in [-0.2, 0) is 17.1 Å². The van der Waals surface area contributed by atoms with Gasteiger partial charge in [0.05, 0.1) is 16.0 Å². The number of anilines is 1. The van der Waals surface area contributed by atoms with E-state index < -0.39 is 0 Å². The van der Waals surface area contributed by atoms with Crippen LogP contribution in [0.4, 0.5) is 5.69 Å². The third-order valence-corrected chi connectivity index (χ3v) is 5.94. The molecular formula is C19H20N2O2S2. The standard InChI is InChI=1S/C19H20N2O2S2/c1-3-21-16-9-8-15(10-17(16)25-19(21)23)20-18(22)12-24-11-14-7-5-4-6-13(14)2/h4-10H,3,11-12H2,1-2H3,(H,20,22). The van der Waals surface area contributed by atoms with Crippen LogP contribution >= 0.6 is 23.1 Å². The number of hydrogen-bond acceptors (Lipinski definition) is 4. The Morgan fingerprint density at radius 1 is 1.24 bits per heavy atom. The van der Waals surface area contributed by atoms with Gasteiger partial charge in [-0.3, -0.25) is 14.2 Å².